The first-order valence-corrected chi connectivity index (χ1v) is 3.88. The van der Waals surface area contributed by atoms with Gasteiger partial charge in [-0.2, -0.15) is 0 Å². The van der Waals surface area contributed by atoms with Gasteiger partial charge in [-0.1, -0.05) is 0 Å². The molecule has 72 valence electrons. The van der Waals surface area contributed by atoms with E-state index in [0.717, 1.165) is 5.75 Å². The van der Waals surface area contributed by atoms with Gasteiger partial charge in [0.2, 0.25) is 0 Å². The fourth-order valence-corrected chi connectivity index (χ4v) is 1.04. The van der Waals surface area contributed by atoms with Crippen LogP contribution in [0.3, 0.4) is 0 Å². The SMILES string of the molecule is COc1ccc(OC)c(NCO)c1. The van der Waals surface area contributed by atoms with E-state index in [1.807, 2.05) is 0 Å². The third-order valence-corrected chi connectivity index (χ3v) is 1.68. The average molecular weight is 183 g/mol. The Hall–Kier alpha value is -1.42. The summed E-state index contributed by atoms with van der Waals surface area (Å²) < 4.78 is 10.1. The lowest BCUT2D eigenvalue weighted by atomic mass is 10.3. The summed E-state index contributed by atoms with van der Waals surface area (Å²) in [5.41, 5.74) is 0.712. The maximum atomic E-state index is 8.70. The van der Waals surface area contributed by atoms with Gasteiger partial charge in [0.15, 0.2) is 0 Å². The van der Waals surface area contributed by atoms with Gasteiger partial charge in [0, 0.05) is 6.07 Å². The van der Waals surface area contributed by atoms with Crippen molar-refractivity contribution in [1.82, 2.24) is 0 Å². The van der Waals surface area contributed by atoms with Gasteiger partial charge in [-0.15, -0.1) is 0 Å². The van der Waals surface area contributed by atoms with Gasteiger partial charge in [0.25, 0.3) is 0 Å². The van der Waals surface area contributed by atoms with Crippen molar-refractivity contribution in [1.29, 1.82) is 0 Å². The molecule has 0 radical (unpaired) electrons. The predicted octanol–water partition coefficient (Wildman–Crippen LogP) is 1.07. The van der Waals surface area contributed by atoms with E-state index in [1.165, 1.54) is 0 Å². The molecule has 0 amide bonds. The minimum atomic E-state index is -0.135. The Labute approximate surface area is 77.1 Å². The summed E-state index contributed by atoms with van der Waals surface area (Å²) in [5.74, 6) is 1.40. The zero-order chi connectivity index (χ0) is 9.68. The minimum Gasteiger partial charge on any atom is -0.497 e. The van der Waals surface area contributed by atoms with Gasteiger partial charge in [-0.25, -0.2) is 0 Å². The van der Waals surface area contributed by atoms with E-state index < -0.39 is 0 Å². The van der Waals surface area contributed by atoms with Crippen molar-refractivity contribution in [2.45, 2.75) is 0 Å². The van der Waals surface area contributed by atoms with Crippen molar-refractivity contribution in [3.05, 3.63) is 18.2 Å². The molecule has 0 heterocycles. The number of anilines is 1. The standard InChI is InChI=1S/C9H13NO3/c1-12-7-3-4-9(13-2)8(5-7)10-6-11/h3-5,10-11H,6H2,1-2H3. The normalized spacial score (nSPS) is 9.46. The molecule has 0 aliphatic carbocycles. The second-order valence-corrected chi connectivity index (χ2v) is 2.40. The fourth-order valence-electron chi connectivity index (χ4n) is 1.04. The van der Waals surface area contributed by atoms with Crippen molar-refractivity contribution in [3.63, 3.8) is 0 Å². The molecular weight excluding hydrogens is 170 g/mol. The van der Waals surface area contributed by atoms with Crippen molar-refractivity contribution >= 4 is 5.69 Å². The van der Waals surface area contributed by atoms with Crippen LogP contribution in [-0.4, -0.2) is 26.1 Å². The Kier molecular flexibility index (Phi) is 3.40. The number of benzene rings is 1. The number of rotatable bonds is 4. The molecule has 0 fully saturated rings. The van der Waals surface area contributed by atoms with Crippen LogP contribution in [0.4, 0.5) is 5.69 Å². The second kappa shape index (κ2) is 4.57. The largest absolute Gasteiger partial charge is 0.497 e. The van der Waals surface area contributed by atoms with Gasteiger partial charge in [0.1, 0.15) is 18.2 Å². The van der Waals surface area contributed by atoms with Crippen LogP contribution in [0.1, 0.15) is 0 Å². The maximum absolute atomic E-state index is 8.70. The molecule has 1 aromatic carbocycles. The predicted molar refractivity (Wildman–Crippen MR) is 50.3 cm³/mol. The van der Waals surface area contributed by atoms with Gasteiger partial charge in [-0.05, 0) is 12.1 Å². The molecule has 4 heteroatoms. The molecule has 4 nitrogen and oxygen atoms in total. The van der Waals surface area contributed by atoms with Gasteiger partial charge in [-0.3, -0.25) is 0 Å². The van der Waals surface area contributed by atoms with Crippen LogP contribution in [0.15, 0.2) is 18.2 Å². The van der Waals surface area contributed by atoms with Crippen LogP contribution in [0, 0.1) is 0 Å². The smallest absolute Gasteiger partial charge is 0.142 e. The summed E-state index contributed by atoms with van der Waals surface area (Å²) >= 11 is 0. The molecule has 0 aliphatic rings. The van der Waals surface area contributed by atoms with E-state index in [2.05, 4.69) is 5.32 Å². The van der Waals surface area contributed by atoms with Crippen LogP contribution >= 0.6 is 0 Å². The molecule has 0 saturated carbocycles. The lowest BCUT2D eigenvalue weighted by molar-refractivity contribution is 0.324. The Balaban J connectivity index is 2.95. The van der Waals surface area contributed by atoms with E-state index in [-0.39, 0.29) is 6.73 Å². The molecule has 0 unspecified atom stereocenters. The summed E-state index contributed by atoms with van der Waals surface area (Å²) in [7, 11) is 3.16. The third-order valence-electron chi connectivity index (χ3n) is 1.68. The molecule has 0 aliphatic heterocycles. The molecule has 0 atom stereocenters. The highest BCUT2D eigenvalue weighted by atomic mass is 16.5. The van der Waals surface area contributed by atoms with Crippen LogP contribution < -0.4 is 14.8 Å². The zero-order valence-electron chi connectivity index (χ0n) is 7.70. The number of ether oxygens (including phenoxy) is 2. The molecule has 0 aromatic heterocycles. The Morgan fingerprint density at radius 2 is 2.08 bits per heavy atom. The van der Waals surface area contributed by atoms with Crippen molar-refractivity contribution in [3.8, 4) is 11.5 Å². The summed E-state index contributed by atoms with van der Waals surface area (Å²) in [6.45, 7) is -0.135. The van der Waals surface area contributed by atoms with E-state index in [9.17, 15) is 0 Å². The summed E-state index contributed by atoms with van der Waals surface area (Å²) in [5, 5.41) is 11.4. The number of aliphatic hydroxyl groups is 1. The van der Waals surface area contributed by atoms with E-state index in [1.54, 1.807) is 32.4 Å². The Morgan fingerprint density at radius 3 is 2.62 bits per heavy atom. The lowest BCUT2D eigenvalue weighted by Gasteiger charge is -2.10. The Bertz CT molecular complexity index is 276. The zero-order valence-corrected chi connectivity index (χ0v) is 7.70. The third kappa shape index (κ3) is 2.26. The molecule has 1 rings (SSSR count). The van der Waals surface area contributed by atoms with E-state index in [0.29, 0.717) is 11.4 Å². The van der Waals surface area contributed by atoms with Crippen LogP contribution in [0.25, 0.3) is 0 Å². The lowest BCUT2D eigenvalue weighted by Crippen LogP contribution is -2.01. The first-order valence-electron chi connectivity index (χ1n) is 3.88. The second-order valence-electron chi connectivity index (χ2n) is 2.40. The maximum Gasteiger partial charge on any atom is 0.142 e. The highest BCUT2D eigenvalue weighted by Gasteiger charge is 2.02. The van der Waals surface area contributed by atoms with Crippen molar-refractivity contribution < 1.29 is 14.6 Å². The fraction of sp³-hybridized carbons (Fsp3) is 0.333. The monoisotopic (exact) mass is 183 g/mol. The van der Waals surface area contributed by atoms with Gasteiger partial charge < -0.3 is 19.9 Å². The van der Waals surface area contributed by atoms with Gasteiger partial charge in [0.05, 0.1) is 19.9 Å². The average Bonchev–Trinajstić information content (AvgIpc) is 2.18. The number of hydrogen-bond acceptors (Lipinski definition) is 4. The van der Waals surface area contributed by atoms with E-state index >= 15 is 0 Å². The van der Waals surface area contributed by atoms with Crippen LogP contribution in [0.5, 0.6) is 11.5 Å². The summed E-state index contributed by atoms with van der Waals surface area (Å²) in [6.07, 6.45) is 0. The highest BCUT2D eigenvalue weighted by Crippen LogP contribution is 2.28. The number of nitrogens with one attached hydrogen (secondary N) is 1. The highest BCUT2D eigenvalue weighted by molar-refractivity contribution is 5.59. The topological polar surface area (TPSA) is 50.7 Å². The first-order chi connectivity index (χ1) is 6.31. The summed E-state index contributed by atoms with van der Waals surface area (Å²) in [4.78, 5) is 0. The molecule has 0 bridgehead atoms. The molecule has 13 heavy (non-hydrogen) atoms. The molecule has 0 saturated heterocycles. The van der Waals surface area contributed by atoms with Crippen LogP contribution in [0.2, 0.25) is 0 Å². The van der Waals surface area contributed by atoms with Crippen LogP contribution in [-0.2, 0) is 0 Å². The molecular formula is C9H13NO3. The molecule has 1 aromatic rings. The summed E-state index contributed by atoms with van der Waals surface area (Å²) in [6, 6.07) is 5.33. The number of aliphatic hydroxyl groups excluding tert-OH is 1. The number of hydrogen-bond donors (Lipinski definition) is 2. The van der Waals surface area contributed by atoms with E-state index in [4.69, 9.17) is 14.6 Å². The van der Waals surface area contributed by atoms with Crippen molar-refractivity contribution in [2.75, 3.05) is 26.3 Å². The molecule has 0 spiro atoms. The minimum absolute atomic E-state index is 0.135. The molecule has 2 N–H and O–H groups in total. The van der Waals surface area contributed by atoms with Gasteiger partial charge >= 0.3 is 0 Å². The number of methoxy groups -OCH3 is 2. The quantitative estimate of drug-likeness (QED) is 0.685. The van der Waals surface area contributed by atoms with Crippen molar-refractivity contribution in [2.24, 2.45) is 0 Å². The first kappa shape index (κ1) is 9.67. The Morgan fingerprint density at radius 1 is 1.31 bits per heavy atom.